The monoisotopic (exact) mass is 178 g/mol. The summed E-state index contributed by atoms with van der Waals surface area (Å²) in [6, 6.07) is 1.89. The molecule has 3 rings (SSSR count). The van der Waals surface area contributed by atoms with Crippen LogP contribution < -0.4 is 4.74 Å². The van der Waals surface area contributed by atoms with Gasteiger partial charge in [-0.3, -0.25) is 0 Å². The highest BCUT2D eigenvalue weighted by atomic mass is 16.5. The normalized spacial score (nSPS) is 36.8. The van der Waals surface area contributed by atoms with Gasteiger partial charge < -0.3 is 4.74 Å². The third kappa shape index (κ3) is 1.23. The zero-order valence-electron chi connectivity index (χ0n) is 7.57. The lowest BCUT2D eigenvalue weighted by atomic mass is 9.98. The van der Waals surface area contributed by atoms with Crippen molar-refractivity contribution < 1.29 is 4.74 Å². The predicted molar refractivity (Wildman–Crippen MR) is 48.5 cm³/mol. The zero-order valence-corrected chi connectivity index (χ0v) is 7.57. The van der Waals surface area contributed by atoms with E-state index in [9.17, 15) is 0 Å². The van der Waals surface area contributed by atoms with E-state index < -0.39 is 0 Å². The van der Waals surface area contributed by atoms with Crippen molar-refractivity contribution in [1.82, 2.24) is 10.2 Å². The molecule has 2 bridgehead atoms. The molecule has 0 amide bonds. The number of rotatable bonds is 2. The van der Waals surface area contributed by atoms with Crippen LogP contribution in [0.15, 0.2) is 12.3 Å². The maximum Gasteiger partial charge on any atom is 0.209 e. The summed E-state index contributed by atoms with van der Waals surface area (Å²) in [6.07, 6.45) is 7.63. The molecule has 3 nitrogen and oxygen atoms in total. The van der Waals surface area contributed by atoms with Crippen LogP contribution in [0.4, 0.5) is 0 Å². The Morgan fingerprint density at radius 1 is 1.38 bits per heavy atom. The first-order chi connectivity index (χ1) is 6.42. The molecule has 3 heteroatoms. The van der Waals surface area contributed by atoms with Crippen molar-refractivity contribution >= 4 is 0 Å². The van der Waals surface area contributed by atoms with E-state index in [1.54, 1.807) is 6.20 Å². The van der Waals surface area contributed by atoms with Crippen molar-refractivity contribution in [1.29, 1.82) is 0 Å². The molecule has 1 aromatic rings. The average Bonchev–Trinajstić information content (AvgIpc) is 2.77. The fourth-order valence-electron chi connectivity index (χ4n) is 2.80. The van der Waals surface area contributed by atoms with E-state index in [0.717, 1.165) is 17.7 Å². The summed E-state index contributed by atoms with van der Waals surface area (Å²) in [5.41, 5.74) is 0. The van der Waals surface area contributed by atoms with E-state index in [2.05, 4.69) is 10.2 Å². The smallest absolute Gasteiger partial charge is 0.209 e. The number of ether oxygens (including phenoxy) is 1. The van der Waals surface area contributed by atoms with E-state index in [1.165, 1.54) is 25.7 Å². The van der Waals surface area contributed by atoms with Crippen LogP contribution in [0.2, 0.25) is 0 Å². The molecule has 13 heavy (non-hydrogen) atoms. The van der Waals surface area contributed by atoms with E-state index in [4.69, 9.17) is 4.74 Å². The zero-order chi connectivity index (χ0) is 8.67. The molecule has 2 saturated carbocycles. The van der Waals surface area contributed by atoms with Crippen LogP contribution in [0, 0.1) is 11.8 Å². The summed E-state index contributed by atoms with van der Waals surface area (Å²) in [5, 5.41) is 6.73. The summed E-state index contributed by atoms with van der Waals surface area (Å²) >= 11 is 0. The number of H-pyrrole nitrogens is 1. The number of nitrogens with one attached hydrogen (secondary N) is 1. The lowest BCUT2D eigenvalue weighted by Crippen LogP contribution is -2.23. The Balaban J connectivity index is 1.68. The molecule has 0 saturated heterocycles. The van der Waals surface area contributed by atoms with Gasteiger partial charge in [0.15, 0.2) is 0 Å². The first kappa shape index (κ1) is 7.42. The number of hydrogen-bond donors (Lipinski definition) is 1. The Bertz CT molecular complexity index is 283. The lowest BCUT2D eigenvalue weighted by Gasteiger charge is -2.21. The first-order valence-electron chi connectivity index (χ1n) is 5.08. The molecular weight excluding hydrogens is 164 g/mol. The summed E-state index contributed by atoms with van der Waals surface area (Å²) in [7, 11) is 0. The lowest BCUT2D eigenvalue weighted by molar-refractivity contribution is 0.132. The van der Waals surface area contributed by atoms with Crippen molar-refractivity contribution in [2.45, 2.75) is 31.8 Å². The third-order valence-corrected chi connectivity index (χ3v) is 3.43. The number of hydrogen-bond acceptors (Lipinski definition) is 2. The second-order valence-corrected chi connectivity index (χ2v) is 4.25. The highest BCUT2D eigenvalue weighted by molar-refractivity contribution is 5.06. The van der Waals surface area contributed by atoms with Crippen molar-refractivity contribution in [3.8, 4) is 5.88 Å². The Kier molecular flexibility index (Phi) is 1.57. The molecule has 0 aliphatic heterocycles. The fourth-order valence-corrected chi connectivity index (χ4v) is 2.80. The standard InChI is InChI=1S/C10H14N2O/c1-2-8-5-7(1)6-9(8)13-10-3-4-11-12-10/h3-4,7-9H,1-2,5-6H2,(H,11,12)/t7-,8?,9-/m0/s1. The van der Waals surface area contributed by atoms with Gasteiger partial charge in [0, 0.05) is 6.07 Å². The second kappa shape index (κ2) is 2.76. The van der Waals surface area contributed by atoms with Gasteiger partial charge in [-0.2, -0.15) is 5.10 Å². The minimum absolute atomic E-state index is 0.458. The van der Waals surface area contributed by atoms with E-state index >= 15 is 0 Å². The molecule has 3 atom stereocenters. The molecule has 1 N–H and O–H groups in total. The van der Waals surface area contributed by atoms with Crippen LogP contribution in [0.5, 0.6) is 5.88 Å². The van der Waals surface area contributed by atoms with Crippen LogP contribution in [-0.2, 0) is 0 Å². The Morgan fingerprint density at radius 3 is 3.00 bits per heavy atom. The molecule has 1 aromatic heterocycles. The predicted octanol–water partition coefficient (Wildman–Crippen LogP) is 1.98. The topological polar surface area (TPSA) is 37.9 Å². The summed E-state index contributed by atoms with van der Waals surface area (Å²) in [4.78, 5) is 0. The molecule has 0 radical (unpaired) electrons. The quantitative estimate of drug-likeness (QED) is 0.752. The molecular formula is C10H14N2O. The maximum atomic E-state index is 5.83. The van der Waals surface area contributed by atoms with Gasteiger partial charge in [-0.05, 0) is 37.5 Å². The molecule has 0 spiro atoms. The Hall–Kier alpha value is -0.990. The van der Waals surface area contributed by atoms with Crippen LogP contribution in [-0.4, -0.2) is 16.3 Å². The molecule has 2 aliphatic rings. The molecule has 1 heterocycles. The number of nitrogens with zero attached hydrogens (tertiary/aromatic N) is 1. The number of fused-ring (bicyclic) bond motifs is 2. The van der Waals surface area contributed by atoms with E-state index in [1.807, 2.05) is 6.07 Å². The van der Waals surface area contributed by atoms with Gasteiger partial charge in [0.1, 0.15) is 6.10 Å². The van der Waals surface area contributed by atoms with Crippen molar-refractivity contribution in [2.24, 2.45) is 11.8 Å². The highest BCUT2D eigenvalue weighted by Crippen LogP contribution is 2.45. The maximum absolute atomic E-state index is 5.83. The molecule has 70 valence electrons. The average molecular weight is 178 g/mol. The first-order valence-corrected chi connectivity index (χ1v) is 5.08. The SMILES string of the molecule is c1cc(O[C@H]2C[C@H]3CCC2C3)[nH]n1. The molecule has 2 fully saturated rings. The fraction of sp³-hybridized carbons (Fsp3) is 0.700. The molecule has 0 aromatic carbocycles. The summed E-state index contributed by atoms with van der Waals surface area (Å²) in [6.45, 7) is 0. The Labute approximate surface area is 77.5 Å². The highest BCUT2D eigenvalue weighted by Gasteiger charge is 2.41. The number of aromatic amines is 1. The van der Waals surface area contributed by atoms with Gasteiger partial charge in [0.05, 0.1) is 6.20 Å². The van der Waals surface area contributed by atoms with Crippen LogP contribution >= 0.6 is 0 Å². The van der Waals surface area contributed by atoms with Gasteiger partial charge in [0.25, 0.3) is 0 Å². The van der Waals surface area contributed by atoms with Gasteiger partial charge in [-0.1, -0.05) is 0 Å². The van der Waals surface area contributed by atoms with Gasteiger partial charge in [-0.15, -0.1) is 0 Å². The molecule has 1 unspecified atom stereocenters. The Morgan fingerprint density at radius 2 is 2.38 bits per heavy atom. The third-order valence-electron chi connectivity index (χ3n) is 3.43. The van der Waals surface area contributed by atoms with Crippen LogP contribution in [0.25, 0.3) is 0 Å². The second-order valence-electron chi connectivity index (χ2n) is 4.25. The largest absolute Gasteiger partial charge is 0.474 e. The van der Waals surface area contributed by atoms with Gasteiger partial charge >= 0.3 is 0 Å². The van der Waals surface area contributed by atoms with Gasteiger partial charge in [0.2, 0.25) is 5.88 Å². The van der Waals surface area contributed by atoms with Crippen molar-refractivity contribution in [3.63, 3.8) is 0 Å². The van der Waals surface area contributed by atoms with Crippen molar-refractivity contribution in [2.75, 3.05) is 0 Å². The van der Waals surface area contributed by atoms with E-state index in [-0.39, 0.29) is 0 Å². The van der Waals surface area contributed by atoms with E-state index in [0.29, 0.717) is 6.10 Å². The minimum atomic E-state index is 0.458. The van der Waals surface area contributed by atoms with Crippen molar-refractivity contribution in [3.05, 3.63) is 12.3 Å². The summed E-state index contributed by atoms with van der Waals surface area (Å²) in [5.74, 6) is 2.59. The van der Waals surface area contributed by atoms with Gasteiger partial charge in [-0.25, -0.2) is 5.10 Å². The molecule has 2 aliphatic carbocycles. The minimum Gasteiger partial charge on any atom is -0.474 e. The van der Waals surface area contributed by atoms with Crippen LogP contribution in [0.3, 0.4) is 0 Å². The number of aromatic nitrogens is 2. The summed E-state index contributed by atoms with van der Waals surface area (Å²) < 4.78 is 5.83. The van der Waals surface area contributed by atoms with Crippen LogP contribution in [0.1, 0.15) is 25.7 Å².